The van der Waals surface area contributed by atoms with Gasteiger partial charge in [0.1, 0.15) is 0 Å². The molecular weight excluding hydrogens is 341 g/mol. The van der Waals surface area contributed by atoms with Crippen LogP contribution in [0.4, 0.5) is 11.4 Å². The van der Waals surface area contributed by atoms with Crippen LogP contribution >= 0.6 is 22.6 Å². The Bertz CT molecular complexity index is 649. The molecule has 2 aromatic rings. The number of hydrogen-bond acceptors (Lipinski definition) is 3. The van der Waals surface area contributed by atoms with E-state index in [1.165, 1.54) is 16.8 Å². The van der Waals surface area contributed by atoms with Gasteiger partial charge in [-0.3, -0.25) is 4.79 Å². The van der Waals surface area contributed by atoms with Gasteiger partial charge in [-0.2, -0.15) is 0 Å². The highest BCUT2D eigenvalue weighted by atomic mass is 127. The van der Waals surface area contributed by atoms with Crippen LogP contribution in [0.5, 0.6) is 0 Å². The van der Waals surface area contributed by atoms with Gasteiger partial charge in [-0.05, 0) is 46.9 Å². The van der Waals surface area contributed by atoms with Crippen molar-refractivity contribution in [2.45, 2.75) is 0 Å². The van der Waals surface area contributed by atoms with Crippen molar-refractivity contribution in [2.75, 3.05) is 5.32 Å². The Labute approximate surface area is 118 Å². The summed E-state index contributed by atoms with van der Waals surface area (Å²) in [5.74, 6) is 0. The fraction of sp³-hybridized carbons (Fsp3) is 0.0769. The number of aromatic nitrogens is 1. The molecule has 1 heterocycles. The molecule has 0 fully saturated rings. The third kappa shape index (κ3) is 2.79. The lowest BCUT2D eigenvalue weighted by molar-refractivity contribution is 0.862. The molecule has 1 aromatic heterocycles. The summed E-state index contributed by atoms with van der Waals surface area (Å²) in [4.78, 5) is 11.3. The number of halogens is 1. The van der Waals surface area contributed by atoms with E-state index >= 15 is 0 Å². The highest BCUT2D eigenvalue weighted by Crippen LogP contribution is 2.21. The molecular formula is C13H12IN3O. The van der Waals surface area contributed by atoms with Crippen LogP contribution in [-0.4, -0.2) is 10.8 Å². The second kappa shape index (κ2) is 5.34. The Morgan fingerprint density at radius 2 is 2.11 bits per heavy atom. The molecule has 0 amide bonds. The van der Waals surface area contributed by atoms with E-state index in [0.717, 1.165) is 20.5 Å². The third-order valence-electron chi connectivity index (χ3n) is 2.53. The van der Waals surface area contributed by atoms with Crippen LogP contribution in [0.1, 0.15) is 5.56 Å². The number of benzene rings is 1. The number of nitrogens with zero attached hydrogens (tertiary/aromatic N) is 1. The Kier molecular flexibility index (Phi) is 3.81. The predicted octanol–water partition coefficient (Wildman–Crippen LogP) is 2.73. The highest BCUT2D eigenvalue weighted by Gasteiger charge is 2.02. The molecule has 0 unspecified atom stereocenters. The summed E-state index contributed by atoms with van der Waals surface area (Å²) in [6, 6.07) is 9.07. The summed E-state index contributed by atoms with van der Waals surface area (Å²) < 4.78 is 2.59. The fourth-order valence-corrected chi connectivity index (χ4v) is 2.11. The topological polar surface area (TPSA) is 57.9 Å². The zero-order valence-electron chi connectivity index (χ0n) is 9.77. The second-order valence-electron chi connectivity index (χ2n) is 3.87. The van der Waals surface area contributed by atoms with Crippen LogP contribution in [0.2, 0.25) is 0 Å². The molecule has 5 heteroatoms. The van der Waals surface area contributed by atoms with E-state index in [1.54, 1.807) is 19.3 Å². The molecule has 0 saturated heterocycles. The van der Waals surface area contributed by atoms with Gasteiger partial charge in [0.2, 0.25) is 5.56 Å². The van der Waals surface area contributed by atoms with Gasteiger partial charge in [-0.15, -0.1) is 0 Å². The lowest BCUT2D eigenvalue weighted by Crippen LogP contribution is -2.14. The fourth-order valence-electron chi connectivity index (χ4n) is 1.59. The van der Waals surface area contributed by atoms with Gasteiger partial charge in [-0.1, -0.05) is 0 Å². The average molecular weight is 353 g/mol. The smallest absolute Gasteiger partial charge is 0.250 e. The summed E-state index contributed by atoms with van der Waals surface area (Å²) >= 11 is 2.21. The summed E-state index contributed by atoms with van der Waals surface area (Å²) in [5.41, 5.74) is 2.44. The lowest BCUT2D eigenvalue weighted by Gasteiger charge is -2.10. The summed E-state index contributed by atoms with van der Waals surface area (Å²) in [5, 5.41) is 10.6. The van der Waals surface area contributed by atoms with Crippen molar-refractivity contribution in [3.05, 3.63) is 56.0 Å². The Balaban J connectivity index is 2.36. The SMILES string of the molecule is Cn1cc(Nc2ccc(I)cc2C=N)ccc1=O. The van der Waals surface area contributed by atoms with Crippen LogP contribution in [-0.2, 0) is 7.05 Å². The van der Waals surface area contributed by atoms with E-state index in [9.17, 15) is 4.79 Å². The zero-order chi connectivity index (χ0) is 13.1. The minimum Gasteiger partial charge on any atom is -0.354 e. The van der Waals surface area contributed by atoms with Crippen LogP contribution in [0.15, 0.2) is 41.3 Å². The largest absolute Gasteiger partial charge is 0.354 e. The van der Waals surface area contributed by atoms with Crippen molar-refractivity contribution in [2.24, 2.45) is 7.05 Å². The number of anilines is 2. The quantitative estimate of drug-likeness (QED) is 0.659. The minimum atomic E-state index is -0.0459. The number of nitrogens with one attached hydrogen (secondary N) is 2. The molecule has 0 bridgehead atoms. The first-order valence-electron chi connectivity index (χ1n) is 5.34. The van der Waals surface area contributed by atoms with E-state index in [-0.39, 0.29) is 5.56 Å². The normalized spacial score (nSPS) is 10.1. The zero-order valence-corrected chi connectivity index (χ0v) is 11.9. The van der Waals surface area contributed by atoms with Crippen molar-refractivity contribution < 1.29 is 0 Å². The molecule has 0 aliphatic rings. The van der Waals surface area contributed by atoms with Crippen LogP contribution in [0, 0.1) is 8.98 Å². The predicted molar refractivity (Wildman–Crippen MR) is 82.0 cm³/mol. The van der Waals surface area contributed by atoms with Crippen LogP contribution in [0.25, 0.3) is 0 Å². The van der Waals surface area contributed by atoms with E-state index in [0.29, 0.717) is 0 Å². The summed E-state index contributed by atoms with van der Waals surface area (Å²) in [6.07, 6.45) is 3.04. The van der Waals surface area contributed by atoms with Gasteiger partial charge < -0.3 is 15.3 Å². The van der Waals surface area contributed by atoms with Crippen molar-refractivity contribution in [3.63, 3.8) is 0 Å². The van der Waals surface area contributed by atoms with Gasteiger partial charge in [0.25, 0.3) is 0 Å². The number of hydrogen-bond donors (Lipinski definition) is 2. The molecule has 18 heavy (non-hydrogen) atoms. The first-order chi connectivity index (χ1) is 8.60. The van der Waals surface area contributed by atoms with Crippen LogP contribution in [0.3, 0.4) is 0 Å². The maximum absolute atomic E-state index is 11.3. The Morgan fingerprint density at radius 1 is 1.33 bits per heavy atom. The molecule has 0 radical (unpaired) electrons. The first-order valence-corrected chi connectivity index (χ1v) is 6.42. The minimum absolute atomic E-state index is 0.0459. The molecule has 1 aromatic carbocycles. The number of aryl methyl sites for hydroxylation is 1. The Morgan fingerprint density at radius 3 is 2.78 bits per heavy atom. The summed E-state index contributed by atoms with van der Waals surface area (Å²) in [7, 11) is 1.71. The van der Waals surface area contributed by atoms with Gasteiger partial charge in [0.15, 0.2) is 0 Å². The molecule has 2 N–H and O–H groups in total. The monoisotopic (exact) mass is 353 g/mol. The van der Waals surface area contributed by atoms with Crippen molar-refractivity contribution in [3.8, 4) is 0 Å². The molecule has 0 aliphatic heterocycles. The van der Waals surface area contributed by atoms with E-state index < -0.39 is 0 Å². The van der Waals surface area contributed by atoms with Crippen molar-refractivity contribution in [1.29, 1.82) is 5.41 Å². The van der Waals surface area contributed by atoms with Gasteiger partial charge in [0.05, 0.1) is 5.69 Å². The maximum atomic E-state index is 11.3. The van der Waals surface area contributed by atoms with Gasteiger partial charge in [0, 0.05) is 40.3 Å². The van der Waals surface area contributed by atoms with Crippen LogP contribution < -0.4 is 10.9 Å². The highest BCUT2D eigenvalue weighted by molar-refractivity contribution is 14.1. The molecule has 4 nitrogen and oxygen atoms in total. The standard InChI is InChI=1S/C13H12IN3O/c1-17-8-11(3-5-13(17)18)16-12-4-2-10(14)6-9(12)7-15/h2-8,15-16H,1H3. The van der Waals surface area contributed by atoms with Gasteiger partial charge in [-0.25, -0.2) is 0 Å². The lowest BCUT2D eigenvalue weighted by atomic mass is 10.2. The maximum Gasteiger partial charge on any atom is 0.250 e. The van der Waals surface area contributed by atoms with Gasteiger partial charge >= 0.3 is 0 Å². The number of pyridine rings is 1. The molecule has 0 saturated carbocycles. The van der Waals surface area contributed by atoms with E-state index in [1.807, 2.05) is 18.2 Å². The third-order valence-corrected chi connectivity index (χ3v) is 3.20. The van der Waals surface area contributed by atoms with Crippen molar-refractivity contribution in [1.82, 2.24) is 4.57 Å². The molecule has 0 aliphatic carbocycles. The second-order valence-corrected chi connectivity index (χ2v) is 5.11. The molecule has 0 spiro atoms. The molecule has 92 valence electrons. The first kappa shape index (κ1) is 12.8. The molecule has 0 atom stereocenters. The summed E-state index contributed by atoms with van der Waals surface area (Å²) in [6.45, 7) is 0. The number of rotatable bonds is 3. The Hall–Kier alpha value is -1.63. The van der Waals surface area contributed by atoms with E-state index in [4.69, 9.17) is 5.41 Å². The van der Waals surface area contributed by atoms with Crippen molar-refractivity contribution >= 4 is 40.2 Å². The molecule has 2 rings (SSSR count). The van der Waals surface area contributed by atoms with E-state index in [2.05, 4.69) is 27.9 Å². The average Bonchev–Trinajstić information content (AvgIpc) is 2.36.